The summed E-state index contributed by atoms with van der Waals surface area (Å²) >= 11 is 2.73. The standard InChI is InChI=1S/C10H11N3O2S2/c1-6(8-11-2-3-16-8)12-4-7-5-17-9(13-7)10(14)15/h2-3,5-6,12H,4H2,1H3,(H,14,15). The molecular formula is C10H11N3O2S2. The molecule has 0 spiro atoms. The highest BCUT2D eigenvalue weighted by Gasteiger charge is 2.11. The first-order chi connectivity index (χ1) is 8.16. The van der Waals surface area contributed by atoms with Crippen molar-refractivity contribution in [3.63, 3.8) is 0 Å². The summed E-state index contributed by atoms with van der Waals surface area (Å²) in [7, 11) is 0. The summed E-state index contributed by atoms with van der Waals surface area (Å²) in [5.74, 6) is -0.978. The normalized spacial score (nSPS) is 12.5. The second-order valence-electron chi connectivity index (χ2n) is 3.42. The van der Waals surface area contributed by atoms with Crippen molar-refractivity contribution in [3.8, 4) is 0 Å². The Labute approximate surface area is 106 Å². The van der Waals surface area contributed by atoms with Crippen LogP contribution in [0.2, 0.25) is 0 Å². The Bertz CT molecular complexity index is 495. The highest BCUT2D eigenvalue weighted by Crippen LogP contribution is 2.16. The molecule has 2 N–H and O–H groups in total. The first-order valence-corrected chi connectivity index (χ1v) is 6.73. The maximum absolute atomic E-state index is 10.7. The third-order valence-corrected chi connectivity index (χ3v) is 3.98. The minimum atomic E-state index is -0.978. The molecule has 2 rings (SSSR count). The second kappa shape index (κ2) is 5.35. The molecule has 2 heterocycles. The van der Waals surface area contributed by atoms with Crippen molar-refractivity contribution in [1.82, 2.24) is 15.3 Å². The van der Waals surface area contributed by atoms with Crippen molar-refractivity contribution in [2.45, 2.75) is 19.5 Å². The molecule has 1 unspecified atom stereocenters. The summed E-state index contributed by atoms with van der Waals surface area (Å²) in [6, 6.07) is 0.143. The Morgan fingerprint density at radius 3 is 3.00 bits per heavy atom. The van der Waals surface area contributed by atoms with Crippen molar-refractivity contribution < 1.29 is 9.90 Å². The lowest BCUT2D eigenvalue weighted by Crippen LogP contribution is -2.18. The molecule has 2 aromatic rings. The van der Waals surface area contributed by atoms with Gasteiger partial charge in [-0.15, -0.1) is 22.7 Å². The van der Waals surface area contributed by atoms with Gasteiger partial charge in [-0.05, 0) is 6.92 Å². The van der Waals surface area contributed by atoms with Gasteiger partial charge in [0.2, 0.25) is 5.01 Å². The lowest BCUT2D eigenvalue weighted by molar-refractivity contribution is 0.0696. The molecule has 2 aromatic heterocycles. The fourth-order valence-electron chi connectivity index (χ4n) is 1.28. The van der Waals surface area contributed by atoms with Gasteiger partial charge in [0.25, 0.3) is 0 Å². The van der Waals surface area contributed by atoms with Gasteiger partial charge in [0.15, 0.2) is 0 Å². The van der Waals surface area contributed by atoms with Gasteiger partial charge in [-0.2, -0.15) is 0 Å². The first kappa shape index (κ1) is 12.2. The molecule has 0 aliphatic rings. The van der Waals surface area contributed by atoms with Gasteiger partial charge in [-0.3, -0.25) is 0 Å². The predicted octanol–water partition coefficient (Wildman–Crippen LogP) is 2.15. The van der Waals surface area contributed by atoms with Crippen LogP contribution in [0, 0.1) is 0 Å². The zero-order chi connectivity index (χ0) is 12.3. The molecule has 0 radical (unpaired) electrons. The van der Waals surface area contributed by atoms with E-state index >= 15 is 0 Å². The Morgan fingerprint density at radius 2 is 2.41 bits per heavy atom. The molecule has 90 valence electrons. The van der Waals surface area contributed by atoms with Gasteiger partial charge in [-0.1, -0.05) is 0 Å². The highest BCUT2D eigenvalue weighted by atomic mass is 32.1. The number of rotatable bonds is 5. The maximum Gasteiger partial charge on any atom is 0.365 e. The minimum absolute atomic E-state index is 0.128. The van der Waals surface area contributed by atoms with Crippen LogP contribution in [0.25, 0.3) is 0 Å². The minimum Gasteiger partial charge on any atom is -0.476 e. The number of nitrogens with zero attached hydrogens (tertiary/aromatic N) is 2. The lowest BCUT2D eigenvalue weighted by atomic mass is 10.3. The van der Waals surface area contributed by atoms with E-state index in [4.69, 9.17) is 5.11 Å². The zero-order valence-electron chi connectivity index (χ0n) is 9.08. The molecule has 0 saturated heterocycles. The van der Waals surface area contributed by atoms with E-state index in [0.717, 1.165) is 22.0 Å². The number of nitrogens with one attached hydrogen (secondary N) is 1. The topological polar surface area (TPSA) is 75.1 Å². The fourth-order valence-corrected chi connectivity index (χ4v) is 2.60. The zero-order valence-corrected chi connectivity index (χ0v) is 10.7. The Balaban J connectivity index is 1.91. The lowest BCUT2D eigenvalue weighted by Gasteiger charge is -2.09. The van der Waals surface area contributed by atoms with E-state index in [9.17, 15) is 4.79 Å². The van der Waals surface area contributed by atoms with Crippen LogP contribution in [-0.4, -0.2) is 21.0 Å². The van der Waals surface area contributed by atoms with Crippen LogP contribution in [0.1, 0.15) is 33.5 Å². The fraction of sp³-hybridized carbons (Fsp3) is 0.300. The number of carboxylic acid groups (broad SMARTS) is 1. The van der Waals surface area contributed by atoms with E-state index in [0.29, 0.717) is 6.54 Å². The second-order valence-corrected chi connectivity index (χ2v) is 5.21. The molecule has 17 heavy (non-hydrogen) atoms. The molecule has 0 aromatic carbocycles. The van der Waals surface area contributed by atoms with Gasteiger partial charge >= 0.3 is 5.97 Å². The van der Waals surface area contributed by atoms with Crippen molar-refractivity contribution >= 4 is 28.6 Å². The van der Waals surface area contributed by atoms with E-state index < -0.39 is 5.97 Å². The molecular weight excluding hydrogens is 258 g/mol. The van der Waals surface area contributed by atoms with Crippen LogP contribution in [0.4, 0.5) is 0 Å². The smallest absolute Gasteiger partial charge is 0.365 e. The third-order valence-electron chi connectivity index (χ3n) is 2.15. The van der Waals surface area contributed by atoms with Crippen LogP contribution >= 0.6 is 22.7 Å². The van der Waals surface area contributed by atoms with Gasteiger partial charge in [0.1, 0.15) is 5.01 Å². The average molecular weight is 269 g/mol. The Morgan fingerprint density at radius 1 is 1.59 bits per heavy atom. The van der Waals surface area contributed by atoms with E-state index in [-0.39, 0.29) is 11.0 Å². The van der Waals surface area contributed by atoms with Crippen LogP contribution in [0.5, 0.6) is 0 Å². The molecule has 5 nitrogen and oxygen atoms in total. The van der Waals surface area contributed by atoms with Gasteiger partial charge in [0, 0.05) is 23.5 Å². The van der Waals surface area contributed by atoms with E-state index in [1.54, 1.807) is 22.9 Å². The van der Waals surface area contributed by atoms with Gasteiger partial charge < -0.3 is 10.4 Å². The van der Waals surface area contributed by atoms with Gasteiger partial charge in [-0.25, -0.2) is 14.8 Å². The van der Waals surface area contributed by atoms with Crippen LogP contribution < -0.4 is 5.32 Å². The maximum atomic E-state index is 10.7. The van der Waals surface area contributed by atoms with Crippen LogP contribution in [0.15, 0.2) is 17.0 Å². The van der Waals surface area contributed by atoms with Crippen LogP contribution in [0.3, 0.4) is 0 Å². The first-order valence-electron chi connectivity index (χ1n) is 4.97. The summed E-state index contributed by atoms with van der Waals surface area (Å²) < 4.78 is 0. The van der Waals surface area contributed by atoms with E-state index in [2.05, 4.69) is 15.3 Å². The number of aromatic nitrogens is 2. The summed E-state index contributed by atoms with van der Waals surface area (Å²) in [5, 5.41) is 16.8. The molecule has 0 aliphatic heterocycles. The van der Waals surface area contributed by atoms with Crippen molar-refractivity contribution in [3.05, 3.63) is 32.7 Å². The number of thiazole rings is 2. The number of aromatic carboxylic acids is 1. The summed E-state index contributed by atoms with van der Waals surface area (Å²) in [5.41, 5.74) is 0.746. The average Bonchev–Trinajstić information content (AvgIpc) is 2.97. The number of carboxylic acids is 1. The summed E-state index contributed by atoms with van der Waals surface area (Å²) in [6.45, 7) is 2.56. The summed E-state index contributed by atoms with van der Waals surface area (Å²) in [6.07, 6.45) is 1.77. The van der Waals surface area contributed by atoms with E-state index in [1.807, 2.05) is 12.3 Å². The number of hydrogen-bond donors (Lipinski definition) is 2. The molecule has 7 heteroatoms. The monoisotopic (exact) mass is 269 g/mol. The van der Waals surface area contributed by atoms with Crippen molar-refractivity contribution in [2.24, 2.45) is 0 Å². The highest BCUT2D eigenvalue weighted by molar-refractivity contribution is 7.11. The van der Waals surface area contributed by atoms with E-state index in [1.165, 1.54) is 0 Å². The molecule has 0 bridgehead atoms. The SMILES string of the molecule is CC(NCc1csc(C(=O)O)n1)c1nccs1. The van der Waals surface area contributed by atoms with Gasteiger partial charge in [0.05, 0.1) is 11.7 Å². The Kier molecular flexibility index (Phi) is 3.82. The molecule has 0 amide bonds. The van der Waals surface area contributed by atoms with Crippen molar-refractivity contribution in [2.75, 3.05) is 0 Å². The molecule has 0 saturated carbocycles. The predicted molar refractivity (Wildman–Crippen MR) is 66.4 cm³/mol. The molecule has 0 aliphatic carbocycles. The largest absolute Gasteiger partial charge is 0.476 e. The summed E-state index contributed by atoms with van der Waals surface area (Å²) in [4.78, 5) is 18.9. The van der Waals surface area contributed by atoms with Crippen molar-refractivity contribution in [1.29, 1.82) is 0 Å². The molecule has 1 atom stereocenters. The quantitative estimate of drug-likeness (QED) is 0.870. The Hall–Kier alpha value is -1.31. The number of carbonyl (C=O) groups is 1. The molecule has 0 fully saturated rings. The third kappa shape index (κ3) is 3.09. The number of hydrogen-bond acceptors (Lipinski definition) is 6. The van der Waals surface area contributed by atoms with Crippen LogP contribution in [-0.2, 0) is 6.54 Å².